The molecule has 1 aromatic heterocycles. The minimum Gasteiger partial charge on any atom is -0.438 e. The van der Waals surface area contributed by atoms with Crippen molar-refractivity contribution in [2.45, 2.75) is 0 Å². The first-order valence-electron chi connectivity index (χ1n) is 4.71. The van der Waals surface area contributed by atoms with Crippen molar-refractivity contribution >= 4 is 44.8 Å². The average molecular weight is 352 g/mol. The van der Waals surface area contributed by atoms with Crippen LogP contribution in [0.1, 0.15) is 0 Å². The molecule has 1 aromatic carbocycles. The summed E-state index contributed by atoms with van der Waals surface area (Å²) in [5.74, 6) is -0.196. The summed E-state index contributed by atoms with van der Waals surface area (Å²) < 4.78 is 19.2. The van der Waals surface area contributed by atoms with E-state index in [4.69, 9.17) is 33.7 Å². The first-order chi connectivity index (χ1) is 8.45. The molecule has 94 valence electrons. The fraction of sp³-hybridized carbons (Fsp3) is 0. The predicted octanol–water partition coefficient (Wildman–Crippen LogP) is 4.66. The molecule has 2 N–H and O–H groups in total. The summed E-state index contributed by atoms with van der Waals surface area (Å²) in [4.78, 5) is 3.91. The molecule has 0 aliphatic heterocycles. The molecule has 0 aliphatic carbocycles. The van der Waals surface area contributed by atoms with Crippen LogP contribution in [0.25, 0.3) is 0 Å². The molecule has 2 aromatic rings. The van der Waals surface area contributed by atoms with Gasteiger partial charge in [-0.15, -0.1) is 0 Å². The van der Waals surface area contributed by atoms with E-state index in [1.54, 1.807) is 0 Å². The third-order valence-corrected chi connectivity index (χ3v) is 3.09. The van der Waals surface area contributed by atoms with Crippen LogP contribution in [0.5, 0.6) is 11.6 Å². The minimum absolute atomic E-state index is 0.00667. The molecule has 0 spiro atoms. The highest BCUT2D eigenvalue weighted by molar-refractivity contribution is 9.10. The van der Waals surface area contributed by atoms with Gasteiger partial charge in [0.15, 0.2) is 0 Å². The highest BCUT2D eigenvalue weighted by atomic mass is 79.9. The number of hydrogen-bond donors (Lipinski definition) is 1. The van der Waals surface area contributed by atoms with Crippen LogP contribution in [-0.4, -0.2) is 4.98 Å². The van der Waals surface area contributed by atoms with Gasteiger partial charge in [0, 0.05) is 17.8 Å². The van der Waals surface area contributed by atoms with E-state index in [2.05, 4.69) is 20.9 Å². The minimum atomic E-state index is -0.593. The van der Waals surface area contributed by atoms with Gasteiger partial charge in [-0.25, -0.2) is 9.37 Å². The maximum atomic E-state index is 13.3. The van der Waals surface area contributed by atoms with E-state index in [1.165, 1.54) is 18.2 Å². The highest BCUT2D eigenvalue weighted by Gasteiger charge is 2.10. The Morgan fingerprint density at radius 3 is 2.61 bits per heavy atom. The number of nitrogen functional groups attached to an aromatic ring is 1. The van der Waals surface area contributed by atoms with Gasteiger partial charge in [0.2, 0.25) is 5.88 Å². The fourth-order valence-corrected chi connectivity index (χ4v) is 2.17. The smallest absolute Gasteiger partial charge is 0.222 e. The van der Waals surface area contributed by atoms with E-state index < -0.39 is 5.82 Å². The van der Waals surface area contributed by atoms with Gasteiger partial charge in [-0.2, -0.15) is 0 Å². The van der Waals surface area contributed by atoms with Crippen LogP contribution in [0.4, 0.5) is 10.1 Å². The summed E-state index contributed by atoms with van der Waals surface area (Å²) in [7, 11) is 0. The van der Waals surface area contributed by atoms with Crippen LogP contribution < -0.4 is 10.5 Å². The van der Waals surface area contributed by atoms with Crippen molar-refractivity contribution in [2.75, 3.05) is 5.73 Å². The van der Waals surface area contributed by atoms with Gasteiger partial charge in [-0.3, -0.25) is 0 Å². The van der Waals surface area contributed by atoms with Crippen molar-refractivity contribution in [3.8, 4) is 11.6 Å². The Balaban J connectivity index is 2.36. The van der Waals surface area contributed by atoms with Crippen LogP contribution in [0.15, 0.2) is 28.7 Å². The molecular formula is C11H6BrCl2FN2O. The summed E-state index contributed by atoms with van der Waals surface area (Å²) in [6.07, 6.45) is 0. The summed E-state index contributed by atoms with van der Waals surface area (Å²) >= 11 is 14.6. The molecule has 0 fully saturated rings. The molecule has 0 unspecified atom stereocenters. The van der Waals surface area contributed by atoms with Crippen molar-refractivity contribution in [2.24, 2.45) is 0 Å². The summed E-state index contributed by atoms with van der Waals surface area (Å²) in [5.41, 5.74) is 5.99. The molecule has 0 saturated carbocycles. The first kappa shape index (κ1) is 13.4. The maximum Gasteiger partial charge on any atom is 0.222 e. The Bertz CT molecular complexity index is 590. The zero-order valence-corrected chi connectivity index (χ0v) is 11.9. The summed E-state index contributed by atoms with van der Waals surface area (Å²) in [5, 5.41) is 0.184. The molecule has 3 nitrogen and oxygen atoms in total. The number of hydrogen-bond acceptors (Lipinski definition) is 3. The van der Waals surface area contributed by atoms with Crippen LogP contribution in [-0.2, 0) is 0 Å². The molecule has 0 atom stereocenters. The summed E-state index contributed by atoms with van der Waals surface area (Å²) in [6.45, 7) is 0. The number of nitrogens with zero attached hydrogens (tertiary/aromatic N) is 1. The van der Waals surface area contributed by atoms with E-state index in [-0.39, 0.29) is 21.8 Å². The number of ether oxygens (including phenoxy) is 1. The lowest BCUT2D eigenvalue weighted by atomic mass is 10.3. The molecule has 0 bridgehead atoms. The monoisotopic (exact) mass is 350 g/mol. The third kappa shape index (κ3) is 3.04. The third-order valence-electron chi connectivity index (χ3n) is 1.98. The zero-order chi connectivity index (χ0) is 13.3. The Morgan fingerprint density at radius 1 is 1.22 bits per heavy atom. The van der Waals surface area contributed by atoms with Crippen LogP contribution >= 0.6 is 39.1 Å². The lowest BCUT2D eigenvalue weighted by Gasteiger charge is -2.08. The van der Waals surface area contributed by atoms with Crippen LogP contribution in [0, 0.1) is 5.82 Å². The number of halogens is 4. The normalized spacial score (nSPS) is 10.4. The SMILES string of the molecule is Nc1cc(Cl)nc(Oc2cc(F)c(Cl)cc2Br)c1. The Hall–Kier alpha value is -1.04. The van der Waals surface area contributed by atoms with Crippen molar-refractivity contribution in [3.05, 3.63) is 44.7 Å². The second-order valence-corrected chi connectivity index (χ2v) is 5.01. The van der Waals surface area contributed by atoms with E-state index in [0.29, 0.717) is 10.2 Å². The molecule has 0 amide bonds. The Morgan fingerprint density at radius 2 is 1.94 bits per heavy atom. The molecule has 1 heterocycles. The number of aromatic nitrogens is 1. The number of pyridine rings is 1. The maximum absolute atomic E-state index is 13.3. The standard InChI is InChI=1S/C11H6BrCl2FN2O/c12-6-3-7(13)8(15)4-9(6)18-11-2-5(16)1-10(14)17-11/h1-4H,(H2,16,17). The Labute approximate surface area is 121 Å². The van der Waals surface area contributed by atoms with Gasteiger partial charge in [0.25, 0.3) is 0 Å². The molecule has 7 heteroatoms. The lowest BCUT2D eigenvalue weighted by Crippen LogP contribution is -1.93. The van der Waals surface area contributed by atoms with Crippen molar-refractivity contribution in [1.82, 2.24) is 4.98 Å². The molecule has 18 heavy (non-hydrogen) atoms. The van der Waals surface area contributed by atoms with Crippen molar-refractivity contribution in [1.29, 1.82) is 0 Å². The van der Waals surface area contributed by atoms with Crippen molar-refractivity contribution < 1.29 is 9.13 Å². The second-order valence-electron chi connectivity index (χ2n) is 3.36. The summed E-state index contributed by atoms with van der Waals surface area (Å²) in [6, 6.07) is 5.49. The topological polar surface area (TPSA) is 48.1 Å². The van der Waals surface area contributed by atoms with E-state index in [0.717, 1.165) is 6.07 Å². The van der Waals surface area contributed by atoms with Crippen LogP contribution in [0.2, 0.25) is 10.2 Å². The van der Waals surface area contributed by atoms with Gasteiger partial charge in [0.05, 0.1) is 9.50 Å². The quantitative estimate of drug-likeness (QED) is 0.632. The second kappa shape index (κ2) is 5.30. The predicted molar refractivity (Wildman–Crippen MR) is 72.8 cm³/mol. The number of rotatable bonds is 2. The van der Waals surface area contributed by atoms with E-state index in [1.807, 2.05) is 0 Å². The number of benzene rings is 1. The van der Waals surface area contributed by atoms with Gasteiger partial charge in [-0.05, 0) is 28.1 Å². The molecule has 0 radical (unpaired) electrons. The van der Waals surface area contributed by atoms with Crippen molar-refractivity contribution in [3.63, 3.8) is 0 Å². The number of anilines is 1. The largest absolute Gasteiger partial charge is 0.438 e. The van der Waals surface area contributed by atoms with Gasteiger partial charge >= 0.3 is 0 Å². The van der Waals surface area contributed by atoms with Gasteiger partial charge < -0.3 is 10.5 Å². The highest BCUT2D eigenvalue weighted by Crippen LogP contribution is 2.33. The number of nitrogens with two attached hydrogens (primary N) is 1. The molecule has 0 aliphatic rings. The zero-order valence-electron chi connectivity index (χ0n) is 8.75. The van der Waals surface area contributed by atoms with Gasteiger partial charge in [-0.1, -0.05) is 23.2 Å². The lowest BCUT2D eigenvalue weighted by molar-refractivity contribution is 0.456. The fourth-order valence-electron chi connectivity index (χ4n) is 1.24. The first-order valence-corrected chi connectivity index (χ1v) is 6.26. The van der Waals surface area contributed by atoms with Crippen LogP contribution in [0.3, 0.4) is 0 Å². The molecular weight excluding hydrogens is 346 g/mol. The van der Waals surface area contributed by atoms with E-state index >= 15 is 0 Å². The molecule has 2 rings (SSSR count). The van der Waals surface area contributed by atoms with Gasteiger partial charge in [0.1, 0.15) is 16.7 Å². The Kier molecular flexibility index (Phi) is 3.94. The molecule has 0 saturated heterocycles. The van der Waals surface area contributed by atoms with E-state index in [9.17, 15) is 4.39 Å². The average Bonchev–Trinajstić information content (AvgIpc) is 2.24.